The molecule has 0 spiro atoms. The molecule has 1 fully saturated rings. The van der Waals surface area contributed by atoms with Crippen LogP contribution in [0.3, 0.4) is 0 Å². The first kappa shape index (κ1) is 12.8. The van der Waals surface area contributed by atoms with Crippen LogP contribution in [-0.4, -0.2) is 32.4 Å². The van der Waals surface area contributed by atoms with Crippen molar-refractivity contribution in [3.8, 4) is 16.3 Å². The maximum absolute atomic E-state index is 4.56. The molecular weight excluding hydrogens is 282 g/mol. The molecule has 0 radical (unpaired) electrons. The number of imidazole rings is 1. The summed E-state index contributed by atoms with van der Waals surface area (Å²) >= 11 is 1.73. The van der Waals surface area contributed by atoms with E-state index >= 15 is 0 Å². The number of hydrogen-bond acceptors (Lipinski definition) is 4. The minimum atomic E-state index is 0.508. The molecule has 0 atom stereocenters. The van der Waals surface area contributed by atoms with Crippen molar-refractivity contribution < 1.29 is 0 Å². The molecular formula is C15H17N5S. The van der Waals surface area contributed by atoms with Gasteiger partial charge >= 0.3 is 0 Å². The Kier molecular flexibility index (Phi) is 3.33. The molecule has 1 saturated heterocycles. The largest absolute Gasteiger partial charge is 0.317 e. The topological polar surface area (TPSA) is 47.7 Å². The Morgan fingerprint density at radius 2 is 2.14 bits per heavy atom. The molecule has 1 N–H and O–H groups in total. The molecule has 0 bridgehead atoms. The van der Waals surface area contributed by atoms with Crippen LogP contribution >= 0.6 is 11.3 Å². The van der Waals surface area contributed by atoms with Gasteiger partial charge < -0.3 is 5.32 Å². The SMILES string of the molecule is c1csc(-c2cncn2-c2cnn(C3CCNCC3)c2)c1. The van der Waals surface area contributed by atoms with Gasteiger partial charge in [0.2, 0.25) is 0 Å². The van der Waals surface area contributed by atoms with E-state index in [9.17, 15) is 0 Å². The molecule has 1 aliphatic heterocycles. The molecule has 5 nitrogen and oxygen atoms in total. The lowest BCUT2D eigenvalue weighted by atomic mass is 10.1. The van der Waals surface area contributed by atoms with E-state index in [1.165, 1.54) is 4.88 Å². The molecule has 0 aliphatic carbocycles. The number of nitrogens with one attached hydrogen (secondary N) is 1. The van der Waals surface area contributed by atoms with Gasteiger partial charge in [-0.05, 0) is 37.4 Å². The fourth-order valence-corrected chi connectivity index (χ4v) is 3.56. The van der Waals surface area contributed by atoms with Gasteiger partial charge in [0.25, 0.3) is 0 Å². The van der Waals surface area contributed by atoms with Gasteiger partial charge in [-0.3, -0.25) is 9.25 Å². The molecule has 108 valence electrons. The fraction of sp³-hybridized carbons (Fsp3) is 0.333. The van der Waals surface area contributed by atoms with Gasteiger partial charge in [-0.2, -0.15) is 5.10 Å². The zero-order chi connectivity index (χ0) is 14.1. The number of rotatable bonds is 3. The van der Waals surface area contributed by atoms with Crippen molar-refractivity contribution in [1.82, 2.24) is 24.6 Å². The van der Waals surface area contributed by atoms with Crippen molar-refractivity contribution in [1.29, 1.82) is 0 Å². The highest BCUT2D eigenvalue weighted by Gasteiger charge is 2.17. The summed E-state index contributed by atoms with van der Waals surface area (Å²) in [5.41, 5.74) is 2.20. The first-order valence-corrected chi connectivity index (χ1v) is 8.11. The molecule has 3 aromatic rings. The van der Waals surface area contributed by atoms with Crippen molar-refractivity contribution in [3.63, 3.8) is 0 Å². The number of nitrogens with zero attached hydrogens (tertiary/aromatic N) is 4. The molecule has 0 unspecified atom stereocenters. The number of piperidine rings is 1. The van der Waals surface area contributed by atoms with Crippen molar-refractivity contribution >= 4 is 11.3 Å². The van der Waals surface area contributed by atoms with Crippen LogP contribution in [0.2, 0.25) is 0 Å². The lowest BCUT2D eigenvalue weighted by Crippen LogP contribution is -2.29. The van der Waals surface area contributed by atoms with Crippen LogP contribution in [-0.2, 0) is 0 Å². The van der Waals surface area contributed by atoms with E-state index in [0.29, 0.717) is 6.04 Å². The summed E-state index contributed by atoms with van der Waals surface area (Å²) in [7, 11) is 0. The summed E-state index contributed by atoms with van der Waals surface area (Å²) in [5.74, 6) is 0. The Bertz CT molecular complexity index is 706. The summed E-state index contributed by atoms with van der Waals surface area (Å²) in [4.78, 5) is 5.52. The summed E-state index contributed by atoms with van der Waals surface area (Å²) < 4.78 is 4.21. The standard InChI is InChI=1S/C15H17N5S/c1-2-15(21-7-1)14-9-17-11-19(14)13-8-18-20(10-13)12-3-5-16-6-4-12/h1-2,7-12,16H,3-6H2. The Balaban J connectivity index is 1.66. The Hall–Kier alpha value is -1.92. The Labute approximate surface area is 127 Å². The van der Waals surface area contributed by atoms with Crippen LogP contribution in [0, 0.1) is 0 Å². The molecule has 0 saturated carbocycles. The quantitative estimate of drug-likeness (QED) is 0.809. The lowest BCUT2D eigenvalue weighted by Gasteiger charge is -2.22. The average Bonchev–Trinajstić information content (AvgIpc) is 3.27. The minimum Gasteiger partial charge on any atom is -0.317 e. The molecule has 4 heterocycles. The van der Waals surface area contributed by atoms with E-state index in [1.54, 1.807) is 11.3 Å². The Morgan fingerprint density at radius 1 is 1.24 bits per heavy atom. The molecule has 6 heteroatoms. The van der Waals surface area contributed by atoms with Crippen molar-refractivity contribution in [3.05, 3.63) is 42.4 Å². The molecule has 0 aromatic carbocycles. The third-order valence-electron chi connectivity index (χ3n) is 3.96. The van der Waals surface area contributed by atoms with Gasteiger partial charge in [-0.1, -0.05) is 6.07 Å². The smallest absolute Gasteiger partial charge is 0.0998 e. The predicted octanol–water partition coefficient (Wildman–Crippen LogP) is 2.72. The van der Waals surface area contributed by atoms with Crippen LogP contribution in [0.15, 0.2) is 42.4 Å². The monoisotopic (exact) mass is 299 g/mol. The second kappa shape index (κ2) is 5.46. The van der Waals surface area contributed by atoms with Crippen molar-refractivity contribution in [2.24, 2.45) is 0 Å². The third-order valence-corrected chi connectivity index (χ3v) is 4.85. The minimum absolute atomic E-state index is 0.508. The highest BCUT2D eigenvalue weighted by Crippen LogP contribution is 2.27. The van der Waals surface area contributed by atoms with E-state index in [2.05, 4.69) is 48.4 Å². The van der Waals surface area contributed by atoms with E-state index in [0.717, 1.165) is 37.3 Å². The first-order chi connectivity index (χ1) is 10.4. The van der Waals surface area contributed by atoms with Crippen molar-refractivity contribution in [2.75, 3.05) is 13.1 Å². The van der Waals surface area contributed by atoms with E-state index < -0.39 is 0 Å². The van der Waals surface area contributed by atoms with Crippen LogP contribution < -0.4 is 5.32 Å². The second-order valence-corrected chi connectivity index (χ2v) is 6.23. The number of hydrogen-bond donors (Lipinski definition) is 1. The van der Waals surface area contributed by atoms with Gasteiger partial charge in [0, 0.05) is 6.20 Å². The van der Waals surface area contributed by atoms with Gasteiger partial charge in [-0.25, -0.2) is 4.98 Å². The number of thiophene rings is 1. The van der Waals surface area contributed by atoms with E-state index in [-0.39, 0.29) is 0 Å². The van der Waals surface area contributed by atoms with Crippen molar-refractivity contribution in [2.45, 2.75) is 18.9 Å². The maximum Gasteiger partial charge on any atom is 0.0998 e. The zero-order valence-electron chi connectivity index (χ0n) is 11.6. The zero-order valence-corrected chi connectivity index (χ0v) is 12.5. The normalized spacial score (nSPS) is 16.4. The second-order valence-electron chi connectivity index (χ2n) is 5.29. The summed E-state index contributed by atoms with van der Waals surface area (Å²) in [6.45, 7) is 2.15. The van der Waals surface area contributed by atoms with Crippen LogP contribution in [0.25, 0.3) is 16.3 Å². The average molecular weight is 299 g/mol. The van der Waals surface area contributed by atoms with Crippen LogP contribution in [0.4, 0.5) is 0 Å². The molecule has 3 aromatic heterocycles. The highest BCUT2D eigenvalue weighted by atomic mass is 32.1. The summed E-state index contributed by atoms with van der Waals surface area (Å²) in [6, 6.07) is 4.69. The maximum atomic E-state index is 4.56. The van der Waals surface area contributed by atoms with Crippen LogP contribution in [0.1, 0.15) is 18.9 Å². The number of aromatic nitrogens is 4. The van der Waals surface area contributed by atoms with E-state index in [1.807, 2.05) is 18.7 Å². The summed E-state index contributed by atoms with van der Waals surface area (Å²) in [6.07, 6.45) is 10.1. The fourth-order valence-electron chi connectivity index (χ4n) is 2.83. The first-order valence-electron chi connectivity index (χ1n) is 7.23. The molecule has 0 amide bonds. The van der Waals surface area contributed by atoms with Gasteiger partial charge in [-0.15, -0.1) is 11.3 Å². The van der Waals surface area contributed by atoms with Gasteiger partial charge in [0.05, 0.1) is 41.0 Å². The Morgan fingerprint density at radius 3 is 2.95 bits per heavy atom. The predicted molar refractivity (Wildman–Crippen MR) is 83.8 cm³/mol. The highest BCUT2D eigenvalue weighted by molar-refractivity contribution is 7.13. The summed E-state index contributed by atoms with van der Waals surface area (Å²) in [5, 5.41) is 10.0. The van der Waals surface area contributed by atoms with E-state index in [4.69, 9.17) is 0 Å². The lowest BCUT2D eigenvalue weighted by molar-refractivity contribution is 0.343. The van der Waals surface area contributed by atoms with Crippen LogP contribution in [0.5, 0.6) is 0 Å². The molecule has 4 rings (SSSR count). The molecule has 1 aliphatic rings. The van der Waals surface area contributed by atoms with Gasteiger partial charge in [0.15, 0.2) is 0 Å². The van der Waals surface area contributed by atoms with Gasteiger partial charge in [0.1, 0.15) is 0 Å². The third kappa shape index (κ3) is 2.41. The molecule has 21 heavy (non-hydrogen) atoms.